The number of halogens is 2. The van der Waals surface area contributed by atoms with E-state index in [1.807, 2.05) is 0 Å². The van der Waals surface area contributed by atoms with Gasteiger partial charge in [-0.3, -0.25) is 4.79 Å². The zero-order valence-electron chi connectivity index (χ0n) is 11.2. The second-order valence-electron chi connectivity index (χ2n) is 4.26. The lowest BCUT2D eigenvalue weighted by Crippen LogP contribution is -2.12. The molecule has 0 bridgehead atoms. The molecule has 2 aromatic carbocycles. The lowest BCUT2D eigenvalue weighted by molar-refractivity contribution is 0.102. The number of nitrogens with one attached hydrogen (secondary N) is 1. The number of aliphatic hydroxyl groups excluding tert-OH is 1. The van der Waals surface area contributed by atoms with Gasteiger partial charge < -0.3 is 15.2 Å². The first-order chi connectivity index (χ1) is 10.0. The smallest absolute Gasteiger partial charge is 0.257 e. The van der Waals surface area contributed by atoms with Gasteiger partial charge in [0, 0.05) is 16.3 Å². The van der Waals surface area contributed by atoms with Crippen LogP contribution in [0.1, 0.15) is 15.9 Å². The highest BCUT2D eigenvalue weighted by Gasteiger charge is 2.12. The first-order valence-electron chi connectivity index (χ1n) is 6.09. The largest absolute Gasteiger partial charge is 0.496 e. The molecule has 0 spiro atoms. The maximum absolute atomic E-state index is 12.2. The average molecular weight is 326 g/mol. The molecule has 0 atom stereocenters. The second-order valence-corrected chi connectivity index (χ2v) is 5.11. The van der Waals surface area contributed by atoms with Crippen LogP contribution in [0.5, 0.6) is 5.75 Å². The average Bonchev–Trinajstić information content (AvgIpc) is 2.46. The van der Waals surface area contributed by atoms with Crippen LogP contribution in [0, 0.1) is 0 Å². The molecule has 0 aliphatic heterocycles. The van der Waals surface area contributed by atoms with Crippen LogP contribution in [-0.2, 0) is 6.61 Å². The molecule has 0 aliphatic rings. The van der Waals surface area contributed by atoms with Crippen molar-refractivity contribution >= 4 is 34.8 Å². The third-order valence-electron chi connectivity index (χ3n) is 2.88. The van der Waals surface area contributed by atoms with Gasteiger partial charge in [0.05, 0.1) is 24.3 Å². The number of carbonyl (C=O) groups excluding carboxylic acids is 1. The van der Waals surface area contributed by atoms with Gasteiger partial charge in [-0.05, 0) is 36.4 Å². The van der Waals surface area contributed by atoms with Crippen LogP contribution in [0.25, 0.3) is 0 Å². The Labute approximate surface area is 132 Å². The van der Waals surface area contributed by atoms with Gasteiger partial charge in [-0.15, -0.1) is 0 Å². The number of aliphatic hydroxyl groups is 1. The lowest BCUT2D eigenvalue weighted by Gasteiger charge is -2.11. The highest BCUT2D eigenvalue weighted by Crippen LogP contribution is 2.25. The van der Waals surface area contributed by atoms with Gasteiger partial charge in [-0.1, -0.05) is 23.2 Å². The zero-order valence-corrected chi connectivity index (χ0v) is 12.7. The highest BCUT2D eigenvalue weighted by atomic mass is 35.5. The maximum atomic E-state index is 12.2. The van der Waals surface area contributed by atoms with Crippen molar-refractivity contribution in [1.29, 1.82) is 0 Å². The Hall–Kier alpha value is -1.75. The molecule has 4 nitrogen and oxygen atoms in total. The Kier molecular flexibility index (Phi) is 5.07. The van der Waals surface area contributed by atoms with Crippen molar-refractivity contribution in [2.75, 3.05) is 12.4 Å². The van der Waals surface area contributed by atoms with Crippen molar-refractivity contribution in [1.82, 2.24) is 0 Å². The predicted octanol–water partition coefficient (Wildman–Crippen LogP) is 3.75. The maximum Gasteiger partial charge on any atom is 0.257 e. The molecule has 0 aliphatic carbocycles. The molecule has 2 rings (SSSR count). The highest BCUT2D eigenvalue weighted by molar-refractivity contribution is 6.37. The van der Waals surface area contributed by atoms with Gasteiger partial charge in [-0.25, -0.2) is 0 Å². The molecule has 2 N–H and O–H groups in total. The molecule has 0 unspecified atom stereocenters. The van der Waals surface area contributed by atoms with E-state index >= 15 is 0 Å². The Balaban J connectivity index is 2.23. The predicted molar refractivity (Wildman–Crippen MR) is 83.3 cm³/mol. The van der Waals surface area contributed by atoms with Crippen LogP contribution in [0.4, 0.5) is 5.69 Å². The fraction of sp³-hybridized carbons (Fsp3) is 0.133. The minimum Gasteiger partial charge on any atom is -0.496 e. The van der Waals surface area contributed by atoms with E-state index in [1.165, 1.54) is 13.2 Å². The van der Waals surface area contributed by atoms with Crippen molar-refractivity contribution < 1.29 is 14.6 Å². The van der Waals surface area contributed by atoms with Crippen LogP contribution < -0.4 is 10.1 Å². The molecular formula is C15H13Cl2NO3. The number of amides is 1. The van der Waals surface area contributed by atoms with Gasteiger partial charge in [-0.2, -0.15) is 0 Å². The van der Waals surface area contributed by atoms with Gasteiger partial charge in [0.2, 0.25) is 0 Å². The molecule has 0 saturated carbocycles. The molecular weight excluding hydrogens is 313 g/mol. The summed E-state index contributed by atoms with van der Waals surface area (Å²) < 4.78 is 5.10. The summed E-state index contributed by atoms with van der Waals surface area (Å²) in [5, 5.41) is 12.7. The van der Waals surface area contributed by atoms with E-state index in [0.29, 0.717) is 27.6 Å². The standard InChI is InChI=1S/C15H13Cl2NO3/c1-21-14-5-3-11(6-9(14)8-19)18-15(20)12-4-2-10(16)7-13(12)17/h2-7,19H,8H2,1H3,(H,18,20). The van der Waals surface area contributed by atoms with Crippen LogP contribution in [0.2, 0.25) is 10.0 Å². The summed E-state index contributed by atoms with van der Waals surface area (Å²) in [6.45, 7) is -0.186. The molecule has 0 saturated heterocycles. The Morgan fingerprint density at radius 3 is 2.62 bits per heavy atom. The Morgan fingerprint density at radius 1 is 1.24 bits per heavy atom. The van der Waals surface area contributed by atoms with Crippen molar-refractivity contribution in [3.63, 3.8) is 0 Å². The van der Waals surface area contributed by atoms with Gasteiger partial charge in [0.15, 0.2) is 0 Å². The third kappa shape index (κ3) is 3.67. The lowest BCUT2D eigenvalue weighted by atomic mass is 10.1. The summed E-state index contributed by atoms with van der Waals surface area (Å²) >= 11 is 11.8. The molecule has 110 valence electrons. The number of benzene rings is 2. The van der Waals surface area contributed by atoms with Gasteiger partial charge in [0.25, 0.3) is 5.91 Å². The number of methoxy groups -OCH3 is 1. The van der Waals surface area contributed by atoms with Crippen LogP contribution in [0.15, 0.2) is 36.4 Å². The summed E-state index contributed by atoms with van der Waals surface area (Å²) in [5.41, 5.74) is 1.44. The number of ether oxygens (including phenoxy) is 1. The monoisotopic (exact) mass is 325 g/mol. The van der Waals surface area contributed by atoms with Gasteiger partial charge in [0.1, 0.15) is 5.75 Å². The van der Waals surface area contributed by atoms with Crippen LogP contribution in [0.3, 0.4) is 0 Å². The summed E-state index contributed by atoms with van der Waals surface area (Å²) in [7, 11) is 1.51. The fourth-order valence-corrected chi connectivity index (χ4v) is 2.35. The van der Waals surface area contributed by atoms with Crippen molar-refractivity contribution in [2.45, 2.75) is 6.61 Å². The first kappa shape index (κ1) is 15.6. The normalized spacial score (nSPS) is 10.3. The fourth-order valence-electron chi connectivity index (χ4n) is 1.85. The van der Waals surface area contributed by atoms with E-state index in [4.69, 9.17) is 27.9 Å². The Bertz CT molecular complexity index is 674. The molecule has 0 radical (unpaired) electrons. The number of hydrogen-bond acceptors (Lipinski definition) is 3. The van der Waals surface area contributed by atoms with E-state index in [9.17, 15) is 9.90 Å². The van der Waals surface area contributed by atoms with Crippen molar-refractivity contribution in [3.8, 4) is 5.75 Å². The first-order valence-corrected chi connectivity index (χ1v) is 6.85. The number of carbonyl (C=O) groups is 1. The number of anilines is 1. The summed E-state index contributed by atoms with van der Waals surface area (Å²) in [6, 6.07) is 9.64. The summed E-state index contributed by atoms with van der Waals surface area (Å²) in [6.07, 6.45) is 0. The summed E-state index contributed by atoms with van der Waals surface area (Å²) in [4.78, 5) is 12.2. The molecule has 1 amide bonds. The van der Waals surface area contributed by atoms with Gasteiger partial charge >= 0.3 is 0 Å². The molecule has 6 heteroatoms. The molecule has 0 aromatic heterocycles. The van der Waals surface area contributed by atoms with E-state index in [1.54, 1.807) is 30.3 Å². The minimum absolute atomic E-state index is 0.186. The van der Waals surface area contributed by atoms with E-state index in [-0.39, 0.29) is 17.5 Å². The van der Waals surface area contributed by atoms with E-state index in [0.717, 1.165) is 0 Å². The molecule has 0 fully saturated rings. The SMILES string of the molecule is COc1ccc(NC(=O)c2ccc(Cl)cc2Cl)cc1CO. The quantitative estimate of drug-likeness (QED) is 0.900. The molecule has 0 heterocycles. The van der Waals surface area contributed by atoms with E-state index in [2.05, 4.69) is 5.32 Å². The summed E-state index contributed by atoms with van der Waals surface area (Å²) in [5.74, 6) is 0.200. The molecule has 21 heavy (non-hydrogen) atoms. The number of hydrogen-bond donors (Lipinski definition) is 2. The topological polar surface area (TPSA) is 58.6 Å². The van der Waals surface area contributed by atoms with Crippen molar-refractivity contribution in [2.24, 2.45) is 0 Å². The van der Waals surface area contributed by atoms with E-state index < -0.39 is 0 Å². The minimum atomic E-state index is -0.356. The zero-order chi connectivity index (χ0) is 15.4. The second kappa shape index (κ2) is 6.80. The van der Waals surface area contributed by atoms with Crippen LogP contribution in [-0.4, -0.2) is 18.1 Å². The van der Waals surface area contributed by atoms with Crippen LogP contribution >= 0.6 is 23.2 Å². The van der Waals surface area contributed by atoms with Crippen molar-refractivity contribution in [3.05, 3.63) is 57.6 Å². The third-order valence-corrected chi connectivity index (χ3v) is 3.43. The molecule has 2 aromatic rings. The number of rotatable bonds is 4. The Morgan fingerprint density at radius 2 is 2.00 bits per heavy atom.